The van der Waals surface area contributed by atoms with Crippen LogP contribution in [0.5, 0.6) is 0 Å². The zero-order chi connectivity index (χ0) is 64.2. The zero-order valence-corrected chi connectivity index (χ0v) is 48.1. The third-order valence-electron chi connectivity index (χ3n) is 13.6. The van der Waals surface area contributed by atoms with E-state index in [4.69, 9.17) is 30.4 Å². The quantitative estimate of drug-likeness (QED) is 0.0297. The zero-order valence-electron chi connectivity index (χ0n) is 48.1. The Balaban J connectivity index is 2.04. The average molecular weight is 1220 g/mol. The van der Waals surface area contributed by atoms with Crippen molar-refractivity contribution < 1.29 is 112 Å². The van der Waals surface area contributed by atoms with Crippen molar-refractivity contribution in [3.05, 3.63) is 0 Å². The number of ether oxygens (including phenoxy) is 4. The van der Waals surface area contributed by atoms with E-state index in [0.29, 0.717) is 6.42 Å². The molecule has 0 aromatic heterocycles. The number of rotatable bonds is 32. The molecule has 0 radical (unpaired) electrons. The topological polar surface area (TPSA) is 544 Å². The lowest BCUT2D eigenvalue weighted by Gasteiger charge is -2.48. The molecule has 480 valence electrons. The van der Waals surface area contributed by atoms with Gasteiger partial charge in [-0.05, 0) is 51.9 Å². The van der Waals surface area contributed by atoms with E-state index in [0.717, 1.165) is 25.7 Å². The number of nitrogens with zero attached hydrogens (tertiary/aromatic N) is 1. The molecule has 85 heavy (non-hydrogen) atoms. The van der Waals surface area contributed by atoms with Crippen LogP contribution < -0.4 is 59.3 Å². The maximum Gasteiger partial charge on any atom is 0.303 e. The first-order chi connectivity index (χ1) is 39.8. The van der Waals surface area contributed by atoms with Gasteiger partial charge in [0.15, 0.2) is 12.6 Å². The summed E-state index contributed by atoms with van der Waals surface area (Å²) in [5, 5.41) is 84.2. The lowest BCUT2D eigenvalue weighted by atomic mass is 9.94. The van der Waals surface area contributed by atoms with E-state index in [1.54, 1.807) is 13.8 Å². The molecule has 35 nitrogen and oxygen atoms in total. The van der Waals surface area contributed by atoms with E-state index < -0.39 is 226 Å². The van der Waals surface area contributed by atoms with Gasteiger partial charge < -0.3 is 114 Å². The molecule has 3 rings (SSSR count). The van der Waals surface area contributed by atoms with Gasteiger partial charge in [-0.25, -0.2) is 0 Å². The highest BCUT2D eigenvalue weighted by molar-refractivity contribution is 5.97. The molecule has 3 fully saturated rings. The molecule has 0 unspecified atom stereocenters. The van der Waals surface area contributed by atoms with Gasteiger partial charge in [0.1, 0.15) is 85.0 Å². The monoisotopic (exact) mass is 1220 g/mol. The summed E-state index contributed by atoms with van der Waals surface area (Å²) >= 11 is 0. The summed E-state index contributed by atoms with van der Waals surface area (Å²) in [6, 6.07) is -12.5. The van der Waals surface area contributed by atoms with Gasteiger partial charge in [0.05, 0.1) is 32.4 Å². The van der Waals surface area contributed by atoms with Crippen molar-refractivity contribution in [1.29, 1.82) is 0 Å². The van der Waals surface area contributed by atoms with Gasteiger partial charge in [-0.15, -0.1) is 0 Å². The van der Waals surface area contributed by atoms with Crippen LogP contribution in [0.2, 0.25) is 0 Å². The van der Waals surface area contributed by atoms with E-state index in [2.05, 4.69) is 47.9 Å². The standard InChI is InChI=1S/C50H82N12O23/c1-20(2)15-28(60-44(77)26(56-23(5)65)11-13-35(71)72)46(79)55-21(3)43(76)59-27(10-12-32(51)68)45(78)61-36(48(81)54-17-34(70)62-14-8-9-29(62)47(80)53-16-33(52)69)22(4)82-50-38(58-25(7)67)42(40(74)31(19-64)84-50)85-49-37(57-24(6)66)41(75)39(73)30(18-63)83-49/h20-22,26-31,36-42,49-50,63-64,73-75H,8-19H2,1-7H3,(H2,51,68)(H2,52,69)(H,53,80)(H,54,81)(H,55,79)(H,56,65)(H,57,66)(H,58,67)(H,59,76)(H,60,77)(H,61,78)(H,71,72)/t21-,22+,26-,27-,28-,29-,30+,31+,36-,37+,38+,39-,40-,41+,42+,49+,50-/m0/s1. The molecule has 0 saturated carbocycles. The van der Waals surface area contributed by atoms with Crippen LogP contribution in [0.25, 0.3) is 0 Å². The molecule has 0 spiro atoms. The Hall–Kier alpha value is -7.25. The number of hydrogen-bond donors (Lipinski definition) is 17. The number of primary amides is 2. The molecule has 35 heteroatoms. The first-order valence-corrected chi connectivity index (χ1v) is 27.3. The van der Waals surface area contributed by atoms with Crippen LogP contribution in [0, 0.1) is 5.92 Å². The second kappa shape index (κ2) is 34.0. The Bertz CT molecular complexity index is 2400. The summed E-state index contributed by atoms with van der Waals surface area (Å²) < 4.78 is 23.9. The molecular formula is C50H82N12O23. The van der Waals surface area contributed by atoms with Crippen molar-refractivity contribution >= 4 is 76.9 Å². The summed E-state index contributed by atoms with van der Waals surface area (Å²) in [7, 11) is 0. The Kier molecular flexibility index (Phi) is 28.8. The smallest absolute Gasteiger partial charge is 0.303 e. The molecule has 3 heterocycles. The number of carboxylic acid groups (broad SMARTS) is 1. The highest BCUT2D eigenvalue weighted by atomic mass is 16.7. The number of aliphatic hydroxyl groups excluding tert-OH is 5. The molecule has 19 N–H and O–H groups in total. The number of hydrogen-bond acceptors (Lipinski definition) is 22. The van der Waals surface area contributed by atoms with Crippen LogP contribution in [0.15, 0.2) is 0 Å². The van der Waals surface area contributed by atoms with Gasteiger partial charge in [0.25, 0.3) is 0 Å². The summed E-state index contributed by atoms with van der Waals surface area (Å²) in [4.78, 5) is 169. The second-order valence-electron chi connectivity index (χ2n) is 21.1. The molecular weight excluding hydrogens is 1140 g/mol. The fourth-order valence-corrected chi connectivity index (χ4v) is 9.41. The molecule has 0 bridgehead atoms. The molecule has 17 atom stereocenters. The van der Waals surface area contributed by atoms with E-state index in [1.165, 1.54) is 13.8 Å². The van der Waals surface area contributed by atoms with Crippen LogP contribution in [0.4, 0.5) is 0 Å². The third-order valence-corrected chi connectivity index (χ3v) is 13.6. The largest absolute Gasteiger partial charge is 0.481 e. The molecule has 0 aliphatic carbocycles. The molecule has 3 aliphatic rings. The minimum absolute atomic E-state index is 0.0257. The Morgan fingerprint density at radius 2 is 1.16 bits per heavy atom. The van der Waals surface area contributed by atoms with Gasteiger partial charge in [-0.2, -0.15) is 0 Å². The normalized spacial score (nSPS) is 25.9. The number of amides is 12. The third kappa shape index (κ3) is 22.3. The number of aliphatic carboxylic acids is 1. The van der Waals surface area contributed by atoms with E-state index in [-0.39, 0.29) is 31.7 Å². The molecule has 3 aliphatic heterocycles. The minimum atomic E-state index is -2.01. The highest BCUT2D eigenvalue weighted by Gasteiger charge is 2.53. The lowest BCUT2D eigenvalue weighted by molar-refractivity contribution is -0.332. The second-order valence-corrected chi connectivity index (χ2v) is 21.1. The van der Waals surface area contributed by atoms with Gasteiger partial charge >= 0.3 is 5.97 Å². The number of aliphatic hydroxyl groups is 5. The fourth-order valence-electron chi connectivity index (χ4n) is 9.41. The predicted molar refractivity (Wildman–Crippen MR) is 286 cm³/mol. The van der Waals surface area contributed by atoms with E-state index >= 15 is 0 Å². The Morgan fingerprint density at radius 3 is 1.73 bits per heavy atom. The lowest BCUT2D eigenvalue weighted by Crippen LogP contribution is -2.70. The van der Waals surface area contributed by atoms with Crippen molar-refractivity contribution in [2.75, 3.05) is 32.8 Å². The predicted octanol–water partition coefficient (Wildman–Crippen LogP) is -9.35. The summed E-state index contributed by atoms with van der Waals surface area (Å²) in [6.07, 6.45) is -17.6. The Morgan fingerprint density at radius 1 is 0.612 bits per heavy atom. The summed E-state index contributed by atoms with van der Waals surface area (Å²) in [5.41, 5.74) is 10.6. The molecule has 0 aromatic rings. The van der Waals surface area contributed by atoms with Crippen molar-refractivity contribution in [2.45, 2.75) is 197 Å². The maximum atomic E-state index is 14.5. The first-order valence-electron chi connectivity index (χ1n) is 27.3. The minimum Gasteiger partial charge on any atom is -0.481 e. The van der Waals surface area contributed by atoms with Crippen molar-refractivity contribution in [1.82, 2.24) is 52.8 Å². The Labute approximate surface area is 487 Å². The van der Waals surface area contributed by atoms with Crippen LogP contribution >= 0.6 is 0 Å². The van der Waals surface area contributed by atoms with Gasteiger partial charge in [0.2, 0.25) is 70.9 Å². The maximum absolute atomic E-state index is 14.5. The molecule has 12 amide bonds. The summed E-state index contributed by atoms with van der Waals surface area (Å²) in [6.45, 7) is 5.69. The van der Waals surface area contributed by atoms with Crippen LogP contribution in [-0.2, 0) is 81.3 Å². The van der Waals surface area contributed by atoms with Gasteiger partial charge in [0, 0.05) is 40.2 Å². The van der Waals surface area contributed by atoms with Crippen LogP contribution in [0.1, 0.15) is 93.4 Å². The van der Waals surface area contributed by atoms with Crippen molar-refractivity contribution in [3.8, 4) is 0 Å². The van der Waals surface area contributed by atoms with Crippen LogP contribution in [0.3, 0.4) is 0 Å². The van der Waals surface area contributed by atoms with Gasteiger partial charge in [-0.3, -0.25) is 62.3 Å². The van der Waals surface area contributed by atoms with Crippen LogP contribution in [-0.4, -0.2) is 249 Å². The number of likely N-dealkylation sites (tertiary alicyclic amines) is 1. The first kappa shape index (κ1) is 72.0. The summed E-state index contributed by atoms with van der Waals surface area (Å²) in [5.74, 6) is -12.5. The number of nitrogens with two attached hydrogens (primary N) is 2. The van der Waals surface area contributed by atoms with E-state index in [9.17, 15) is 93.0 Å². The van der Waals surface area contributed by atoms with Gasteiger partial charge in [-0.1, -0.05) is 13.8 Å². The van der Waals surface area contributed by atoms with E-state index in [1.807, 2.05) is 0 Å². The van der Waals surface area contributed by atoms with Crippen molar-refractivity contribution in [2.24, 2.45) is 17.4 Å². The number of carboxylic acids is 1. The number of carbonyl (C=O) groups is 13. The molecule has 0 aromatic carbocycles. The molecule has 3 saturated heterocycles. The fraction of sp³-hybridized carbons (Fsp3) is 0.740. The number of carbonyl (C=O) groups excluding carboxylic acids is 12. The highest BCUT2D eigenvalue weighted by Crippen LogP contribution is 2.31. The average Bonchev–Trinajstić information content (AvgIpc) is 3.22. The van der Waals surface area contributed by atoms with Crippen molar-refractivity contribution in [3.63, 3.8) is 0 Å². The SMILES string of the molecule is CC(=O)N[C@H]1[C@@H](O[C@H]2[C@@H](O)[C@@H](CO)O[C@H](O[C@H](C)[C@H](NC(=O)[C@H](CCC(N)=O)NC(=O)[C@H](C)NC(=O)[C@H](CC(C)C)NC(=O)[C@H](CCC(=O)O)NC(C)=O)C(=O)NCC(=O)N3CCC[C@H]3C(=O)NCC(N)=O)[C@@H]2NC(C)=O)O[C@H](CO)[C@H](O)[C@@H]1O. The number of nitrogens with one attached hydrogen (secondary N) is 9.